The second-order valence-corrected chi connectivity index (χ2v) is 3.61. The summed E-state index contributed by atoms with van der Waals surface area (Å²) in [4.78, 5) is 0. The highest BCUT2D eigenvalue weighted by atomic mass is 19.1. The predicted molar refractivity (Wildman–Crippen MR) is 52.8 cm³/mol. The molecule has 0 bridgehead atoms. The minimum Gasteiger partial charge on any atom is -0.486 e. The zero-order valence-electron chi connectivity index (χ0n) is 8.50. The van der Waals surface area contributed by atoms with Crippen LogP contribution in [0.1, 0.15) is 12.5 Å². The first-order chi connectivity index (χ1) is 7.18. The summed E-state index contributed by atoms with van der Waals surface area (Å²) in [5.74, 6) is 0.181. The summed E-state index contributed by atoms with van der Waals surface area (Å²) in [5, 5.41) is 9.29. The number of halogens is 1. The van der Waals surface area contributed by atoms with Crippen LogP contribution in [0.15, 0.2) is 12.1 Å². The van der Waals surface area contributed by atoms with Gasteiger partial charge in [0.1, 0.15) is 13.2 Å². The summed E-state index contributed by atoms with van der Waals surface area (Å²) in [6.07, 6.45) is -0.0449. The minimum atomic E-state index is -0.481. The first-order valence-electron chi connectivity index (χ1n) is 4.93. The molecular weight excluding hydrogens is 199 g/mol. The lowest BCUT2D eigenvalue weighted by atomic mass is 10.1. The molecule has 4 heteroatoms. The summed E-state index contributed by atoms with van der Waals surface area (Å²) in [6, 6.07) is 2.96. The van der Waals surface area contributed by atoms with Gasteiger partial charge in [-0.3, -0.25) is 0 Å². The lowest BCUT2D eigenvalue weighted by molar-refractivity contribution is 0.157. The smallest absolute Gasteiger partial charge is 0.197 e. The van der Waals surface area contributed by atoms with Gasteiger partial charge in [-0.15, -0.1) is 0 Å². The van der Waals surface area contributed by atoms with Crippen LogP contribution in [0.2, 0.25) is 0 Å². The highest BCUT2D eigenvalue weighted by Gasteiger charge is 2.20. The molecule has 0 saturated heterocycles. The van der Waals surface area contributed by atoms with Crippen molar-refractivity contribution in [2.45, 2.75) is 19.4 Å². The second kappa shape index (κ2) is 4.06. The first kappa shape index (κ1) is 10.2. The molecular formula is C11H13FO3. The fourth-order valence-electron chi connectivity index (χ4n) is 1.64. The molecule has 1 atom stereocenters. The largest absolute Gasteiger partial charge is 0.486 e. The third kappa shape index (κ3) is 2.04. The first-order valence-corrected chi connectivity index (χ1v) is 4.93. The summed E-state index contributed by atoms with van der Waals surface area (Å²) in [5.41, 5.74) is 0.779. The lowest BCUT2D eigenvalue weighted by Gasteiger charge is -2.21. The average molecular weight is 212 g/mol. The van der Waals surface area contributed by atoms with Crippen molar-refractivity contribution in [3.8, 4) is 11.5 Å². The van der Waals surface area contributed by atoms with Gasteiger partial charge in [0.25, 0.3) is 0 Å². The summed E-state index contributed by atoms with van der Waals surface area (Å²) >= 11 is 0. The number of hydrogen-bond donors (Lipinski definition) is 1. The van der Waals surface area contributed by atoms with Crippen molar-refractivity contribution >= 4 is 0 Å². The zero-order chi connectivity index (χ0) is 10.8. The fourth-order valence-corrected chi connectivity index (χ4v) is 1.64. The molecule has 82 valence electrons. The molecule has 1 aromatic rings. The van der Waals surface area contributed by atoms with Crippen LogP contribution in [0.4, 0.5) is 4.39 Å². The number of hydrogen-bond acceptors (Lipinski definition) is 3. The molecule has 1 unspecified atom stereocenters. The van der Waals surface area contributed by atoms with Crippen LogP contribution in [0.3, 0.4) is 0 Å². The highest BCUT2D eigenvalue weighted by Crippen LogP contribution is 2.36. The highest BCUT2D eigenvalue weighted by molar-refractivity contribution is 5.48. The number of fused-ring (bicyclic) bond motifs is 1. The van der Waals surface area contributed by atoms with Gasteiger partial charge in [0.05, 0.1) is 6.10 Å². The van der Waals surface area contributed by atoms with Crippen LogP contribution in [0.5, 0.6) is 11.5 Å². The Bertz CT molecular complexity index is 363. The van der Waals surface area contributed by atoms with E-state index in [0.29, 0.717) is 25.4 Å². The molecule has 1 heterocycles. The van der Waals surface area contributed by atoms with E-state index >= 15 is 0 Å². The summed E-state index contributed by atoms with van der Waals surface area (Å²) < 4.78 is 23.9. The van der Waals surface area contributed by atoms with Crippen molar-refractivity contribution in [3.05, 3.63) is 23.5 Å². The van der Waals surface area contributed by atoms with Crippen molar-refractivity contribution < 1.29 is 19.0 Å². The van der Waals surface area contributed by atoms with E-state index in [1.165, 1.54) is 6.07 Å². The van der Waals surface area contributed by atoms with Crippen LogP contribution in [0.25, 0.3) is 0 Å². The van der Waals surface area contributed by atoms with Gasteiger partial charge >= 0.3 is 0 Å². The van der Waals surface area contributed by atoms with Crippen LogP contribution in [-0.4, -0.2) is 24.4 Å². The number of ether oxygens (including phenoxy) is 2. The molecule has 15 heavy (non-hydrogen) atoms. The summed E-state index contributed by atoms with van der Waals surface area (Å²) in [7, 11) is 0. The van der Waals surface area contributed by atoms with Crippen molar-refractivity contribution in [1.82, 2.24) is 0 Å². The normalized spacial score (nSPS) is 16.2. The Morgan fingerprint density at radius 2 is 2.00 bits per heavy atom. The second-order valence-electron chi connectivity index (χ2n) is 3.61. The molecule has 0 saturated carbocycles. The van der Waals surface area contributed by atoms with Gasteiger partial charge in [-0.05, 0) is 13.0 Å². The standard InChI is InChI=1S/C11H13FO3/c1-7(13)6-8-2-3-9(12)11-10(8)14-4-5-15-11/h2-3,7,13H,4-6H2,1H3. The van der Waals surface area contributed by atoms with E-state index in [1.54, 1.807) is 13.0 Å². The Balaban J connectivity index is 2.39. The van der Waals surface area contributed by atoms with E-state index in [1.807, 2.05) is 0 Å². The van der Waals surface area contributed by atoms with Gasteiger partial charge in [-0.2, -0.15) is 0 Å². The Labute approximate surface area is 87.4 Å². The molecule has 1 aromatic carbocycles. The van der Waals surface area contributed by atoms with E-state index in [4.69, 9.17) is 9.47 Å². The maximum absolute atomic E-state index is 13.3. The number of aliphatic hydroxyl groups excluding tert-OH is 1. The summed E-state index contributed by atoms with van der Waals surface area (Å²) in [6.45, 7) is 2.46. The maximum atomic E-state index is 13.3. The lowest BCUT2D eigenvalue weighted by Crippen LogP contribution is -2.18. The van der Waals surface area contributed by atoms with Crippen molar-refractivity contribution in [2.75, 3.05) is 13.2 Å². The maximum Gasteiger partial charge on any atom is 0.197 e. The van der Waals surface area contributed by atoms with Crippen LogP contribution in [-0.2, 0) is 6.42 Å². The Morgan fingerprint density at radius 1 is 1.33 bits per heavy atom. The van der Waals surface area contributed by atoms with Gasteiger partial charge in [0.2, 0.25) is 0 Å². The Kier molecular flexibility index (Phi) is 2.77. The molecule has 2 rings (SSSR count). The van der Waals surface area contributed by atoms with Gasteiger partial charge in [-0.1, -0.05) is 6.07 Å². The van der Waals surface area contributed by atoms with E-state index in [-0.39, 0.29) is 5.75 Å². The molecule has 1 aliphatic rings. The van der Waals surface area contributed by atoms with E-state index in [2.05, 4.69) is 0 Å². The third-order valence-electron chi connectivity index (χ3n) is 2.24. The van der Waals surface area contributed by atoms with Crippen molar-refractivity contribution in [1.29, 1.82) is 0 Å². The Morgan fingerprint density at radius 3 is 2.67 bits per heavy atom. The van der Waals surface area contributed by atoms with Gasteiger partial charge in [0.15, 0.2) is 17.3 Å². The van der Waals surface area contributed by atoms with Crippen LogP contribution < -0.4 is 9.47 Å². The van der Waals surface area contributed by atoms with Crippen LogP contribution in [0, 0.1) is 5.82 Å². The van der Waals surface area contributed by atoms with Crippen molar-refractivity contribution in [2.24, 2.45) is 0 Å². The van der Waals surface area contributed by atoms with E-state index < -0.39 is 11.9 Å². The zero-order valence-corrected chi connectivity index (χ0v) is 8.50. The van der Waals surface area contributed by atoms with Crippen LogP contribution >= 0.6 is 0 Å². The number of rotatable bonds is 2. The molecule has 1 N–H and O–H groups in total. The third-order valence-corrected chi connectivity index (χ3v) is 2.24. The SMILES string of the molecule is CC(O)Cc1ccc(F)c2c1OCCO2. The molecule has 0 spiro atoms. The molecule has 0 aromatic heterocycles. The van der Waals surface area contributed by atoms with E-state index in [9.17, 15) is 9.50 Å². The van der Waals surface area contributed by atoms with Gasteiger partial charge in [-0.25, -0.2) is 4.39 Å². The number of benzene rings is 1. The van der Waals surface area contributed by atoms with Crippen molar-refractivity contribution in [3.63, 3.8) is 0 Å². The molecule has 3 nitrogen and oxygen atoms in total. The molecule has 0 radical (unpaired) electrons. The monoisotopic (exact) mass is 212 g/mol. The average Bonchev–Trinajstić information content (AvgIpc) is 2.22. The fraction of sp³-hybridized carbons (Fsp3) is 0.455. The minimum absolute atomic E-state index is 0.166. The van der Waals surface area contributed by atoms with Gasteiger partial charge < -0.3 is 14.6 Å². The Hall–Kier alpha value is -1.29. The predicted octanol–water partition coefficient (Wildman–Crippen LogP) is 1.52. The van der Waals surface area contributed by atoms with E-state index in [0.717, 1.165) is 5.56 Å². The topological polar surface area (TPSA) is 38.7 Å². The van der Waals surface area contributed by atoms with Gasteiger partial charge in [0, 0.05) is 12.0 Å². The molecule has 0 aliphatic carbocycles. The molecule has 0 fully saturated rings. The quantitative estimate of drug-likeness (QED) is 0.807. The molecule has 0 amide bonds. The number of aliphatic hydroxyl groups is 1. The molecule has 1 aliphatic heterocycles.